The Morgan fingerprint density at radius 1 is 1.58 bits per heavy atom. The van der Waals surface area contributed by atoms with E-state index in [9.17, 15) is 4.79 Å². The number of allylic oxidation sites excluding steroid dienone is 3. The molecular weight excluding hydrogens is 170 g/mol. The van der Waals surface area contributed by atoms with Crippen molar-refractivity contribution in [2.45, 2.75) is 12.5 Å². The minimum absolute atomic E-state index is 0.127. The van der Waals surface area contributed by atoms with E-state index in [-0.39, 0.29) is 11.8 Å². The van der Waals surface area contributed by atoms with Crippen molar-refractivity contribution < 1.29 is 9.10 Å². The zero-order valence-corrected chi connectivity index (χ0v) is 7.30. The molecule has 1 N–H and O–H groups in total. The van der Waals surface area contributed by atoms with Crippen LogP contribution >= 0.6 is 0 Å². The van der Waals surface area contributed by atoms with Crippen LogP contribution in [0, 0.1) is 0 Å². The van der Waals surface area contributed by atoms with Crippen molar-refractivity contribution in [3.63, 3.8) is 0 Å². The molecular formula is C9H9NOS. The Kier molecular flexibility index (Phi) is 1.90. The van der Waals surface area contributed by atoms with Crippen LogP contribution in [0.25, 0.3) is 0 Å². The molecule has 0 spiro atoms. The van der Waals surface area contributed by atoms with Gasteiger partial charge in [-0.05, 0) is 24.1 Å². The highest BCUT2D eigenvalue weighted by Gasteiger charge is 2.28. The average molecular weight is 179 g/mol. The first-order valence-corrected chi connectivity index (χ1v) is 4.31. The van der Waals surface area contributed by atoms with Gasteiger partial charge in [-0.15, -0.1) is 0 Å². The van der Waals surface area contributed by atoms with Crippen molar-refractivity contribution in [3.05, 3.63) is 36.1 Å². The van der Waals surface area contributed by atoms with Crippen LogP contribution in [0.15, 0.2) is 36.1 Å². The Bertz CT molecular complexity index is 304. The summed E-state index contributed by atoms with van der Waals surface area (Å²) in [5, 5.41) is 0. The number of carbonyl (C=O) groups excluding carboxylic acids is 1. The maximum atomic E-state index is 11.4. The number of ketones is 1. The highest BCUT2D eigenvalue weighted by Crippen LogP contribution is 2.15. The van der Waals surface area contributed by atoms with Gasteiger partial charge in [0.25, 0.3) is 0 Å². The van der Waals surface area contributed by atoms with E-state index in [2.05, 4.69) is 0 Å². The zero-order valence-electron chi connectivity index (χ0n) is 6.49. The number of hydrogen-bond donors (Lipinski definition) is 1. The van der Waals surface area contributed by atoms with Crippen LogP contribution in [-0.2, 0) is 17.6 Å². The van der Waals surface area contributed by atoms with E-state index >= 15 is 0 Å². The molecule has 62 valence electrons. The van der Waals surface area contributed by atoms with Gasteiger partial charge in [0.2, 0.25) is 5.78 Å². The van der Waals surface area contributed by atoms with Gasteiger partial charge in [-0.3, -0.25) is 4.79 Å². The highest BCUT2D eigenvalue weighted by atomic mass is 32.1. The second kappa shape index (κ2) is 2.92. The molecule has 0 aromatic heterocycles. The summed E-state index contributed by atoms with van der Waals surface area (Å²) in [6.07, 6.45) is 10.1. The third-order valence-corrected chi connectivity index (χ3v) is 2.52. The minimum atomic E-state index is -0.130. The molecule has 3 heteroatoms. The molecule has 0 saturated heterocycles. The Balaban J connectivity index is 2.38. The minimum Gasteiger partial charge on any atom is -0.489 e. The Labute approximate surface area is 76.8 Å². The smallest absolute Gasteiger partial charge is 0.215 e. The Hall–Kier alpha value is -0.800. The van der Waals surface area contributed by atoms with Gasteiger partial charge in [0.1, 0.15) is 0 Å². The number of carbonyl (C=O) groups is 1. The molecule has 1 aliphatic carbocycles. The number of hydrogen-bond acceptors (Lipinski definition) is 2. The van der Waals surface area contributed by atoms with Crippen molar-refractivity contribution in [2.75, 3.05) is 0 Å². The molecule has 0 fully saturated rings. The normalized spacial score (nSPS) is 33.1. The van der Waals surface area contributed by atoms with E-state index in [0.29, 0.717) is 0 Å². The summed E-state index contributed by atoms with van der Waals surface area (Å²) >= 11 is 5.10. The van der Waals surface area contributed by atoms with E-state index < -0.39 is 0 Å². The van der Waals surface area contributed by atoms with Crippen LogP contribution in [0.5, 0.6) is 0 Å². The second-order valence-electron chi connectivity index (χ2n) is 2.94. The molecule has 2 aliphatic rings. The zero-order chi connectivity index (χ0) is 8.55. The quantitative estimate of drug-likeness (QED) is 0.515. The molecule has 0 bridgehead atoms. The topological polar surface area (TPSA) is 21.5 Å². The van der Waals surface area contributed by atoms with Crippen molar-refractivity contribution in [2.24, 2.45) is 0 Å². The molecule has 0 amide bonds. The lowest BCUT2D eigenvalue weighted by Crippen LogP contribution is -3.09. The summed E-state index contributed by atoms with van der Waals surface area (Å²) in [6.45, 7) is 0. The van der Waals surface area contributed by atoms with Gasteiger partial charge >= 0.3 is 0 Å². The third-order valence-electron chi connectivity index (χ3n) is 2.15. The molecule has 0 saturated carbocycles. The molecule has 2 rings (SSSR count). The summed E-state index contributed by atoms with van der Waals surface area (Å²) in [6, 6.07) is -0.130. The van der Waals surface area contributed by atoms with Gasteiger partial charge in [-0.25, -0.2) is 0 Å². The lowest BCUT2D eigenvalue weighted by molar-refractivity contribution is -0.707. The Morgan fingerprint density at radius 2 is 2.42 bits per heavy atom. The fourth-order valence-corrected chi connectivity index (χ4v) is 1.90. The van der Waals surface area contributed by atoms with Crippen molar-refractivity contribution in [1.82, 2.24) is 0 Å². The van der Waals surface area contributed by atoms with E-state index in [1.807, 2.05) is 24.4 Å². The lowest BCUT2D eigenvalue weighted by Gasteiger charge is -2.32. The first-order valence-electron chi connectivity index (χ1n) is 3.90. The average Bonchev–Trinajstić information content (AvgIpc) is 2.04. The van der Waals surface area contributed by atoms with Gasteiger partial charge in [0.15, 0.2) is 6.04 Å². The lowest BCUT2D eigenvalue weighted by atomic mass is 9.92. The predicted octanol–water partition coefficient (Wildman–Crippen LogP) is -0.316. The summed E-state index contributed by atoms with van der Waals surface area (Å²) < 4.78 is 0.752. The highest BCUT2D eigenvalue weighted by molar-refractivity contribution is 7.51. The Morgan fingerprint density at radius 3 is 3.17 bits per heavy atom. The maximum Gasteiger partial charge on any atom is 0.215 e. The molecule has 2 unspecified atom stereocenters. The van der Waals surface area contributed by atoms with Crippen LogP contribution in [0.4, 0.5) is 0 Å². The van der Waals surface area contributed by atoms with Crippen molar-refractivity contribution in [1.29, 1.82) is 0 Å². The summed E-state index contributed by atoms with van der Waals surface area (Å²) in [5.41, 5.74) is 1.13. The van der Waals surface area contributed by atoms with Crippen LogP contribution in [0.1, 0.15) is 6.42 Å². The van der Waals surface area contributed by atoms with Crippen LogP contribution < -0.4 is 4.31 Å². The number of nitrogens with one attached hydrogen (secondary N) is 1. The first-order chi connectivity index (χ1) is 5.79. The molecule has 2 nitrogen and oxygen atoms in total. The third kappa shape index (κ3) is 1.15. The van der Waals surface area contributed by atoms with E-state index in [1.54, 1.807) is 6.08 Å². The summed E-state index contributed by atoms with van der Waals surface area (Å²) in [4.78, 5) is 11.4. The second-order valence-corrected chi connectivity index (χ2v) is 3.42. The van der Waals surface area contributed by atoms with Gasteiger partial charge in [-0.1, -0.05) is 12.2 Å². The largest absolute Gasteiger partial charge is 0.489 e. The number of quaternary nitrogens is 1. The molecule has 0 aromatic rings. The van der Waals surface area contributed by atoms with Gasteiger partial charge in [-0.2, -0.15) is 0 Å². The van der Waals surface area contributed by atoms with Crippen molar-refractivity contribution in [3.8, 4) is 0 Å². The maximum absolute atomic E-state index is 11.4. The monoisotopic (exact) mass is 179 g/mol. The molecule has 1 heterocycles. The summed E-state index contributed by atoms with van der Waals surface area (Å²) in [5.74, 6) is 0.127. The fraction of sp³-hybridized carbons (Fsp3) is 0.222. The van der Waals surface area contributed by atoms with E-state index in [0.717, 1.165) is 16.3 Å². The number of fused-ring (bicyclic) bond motifs is 1. The first kappa shape index (κ1) is 7.83. The molecule has 12 heavy (non-hydrogen) atoms. The number of rotatable bonds is 0. The molecule has 0 radical (unpaired) electrons. The van der Waals surface area contributed by atoms with Gasteiger partial charge in [0.05, 0.1) is 6.20 Å². The fourth-order valence-electron chi connectivity index (χ4n) is 1.56. The SMILES string of the molecule is O=C1C=CCC2=CC=C[NH+]([S-])C12. The summed E-state index contributed by atoms with van der Waals surface area (Å²) in [7, 11) is 0. The van der Waals surface area contributed by atoms with E-state index in [4.69, 9.17) is 12.8 Å². The van der Waals surface area contributed by atoms with Crippen LogP contribution in [0.2, 0.25) is 0 Å². The van der Waals surface area contributed by atoms with Crippen LogP contribution in [0.3, 0.4) is 0 Å². The molecule has 0 aromatic carbocycles. The van der Waals surface area contributed by atoms with Crippen LogP contribution in [-0.4, -0.2) is 11.8 Å². The molecule has 1 aliphatic heterocycles. The van der Waals surface area contributed by atoms with E-state index in [1.165, 1.54) is 0 Å². The van der Waals surface area contributed by atoms with Crippen molar-refractivity contribution >= 4 is 18.6 Å². The van der Waals surface area contributed by atoms with Gasteiger partial charge in [0, 0.05) is 0 Å². The standard InChI is InChI=1S/C9H9NOS/c11-8-5-1-3-7-4-2-6-10(12)9(7)8/h1-2,4-6,9-10H,3H2. The molecule has 2 atom stereocenters. The van der Waals surface area contributed by atoms with Gasteiger partial charge < -0.3 is 17.1 Å². The predicted molar refractivity (Wildman–Crippen MR) is 48.1 cm³/mol.